The fourth-order valence-electron chi connectivity index (χ4n) is 1.80. The Kier molecular flexibility index (Phi) is 7.38. The van der Waals surface area contributed by atoms with Gasteiger partial charge in [-0.3, -0.25) is 0 Å². The van der Waals surface area contributed by atoms with Crippen LogP contribution in [0.3, 0.4) is 0 Å². The van der Waals surface area contributed by atoms with E-state index >= 15 is 0 Å². The van der Waals surface area contributed by atoms with Crippen molar-refractivity contribution in [3.05, 3.63) is 47.5 Å². The molecular weight excluding hydrogens is 224 g/mol. The van der Waals surface area contributed by atoms with E-state index in [1.54, 1.807) is 0 Å². The molecule has 0 saturated carbocycles. The first-order chi connectivity index (χ1) is 8.77. The van der Waals surface area contributed by atoms with E-state index in [4.69, 9.17) is 9.78 Å². The van der Waals surface area contributed by atoms with E-state index in [0.29, 0.717) is 19.1 Å². The summed E-state index contributed by atoms with van der Waals surface area (Å²) in [6.07, 6.45) is 4.11. The van der Waals surface area contributed by atoms with Crippen LogP contribution in [0.15, 0.2) is 42.0 Å². The summed E-state index contributed by atoms with van der Waals surface area (Å²) in [6, 6.07) is 10.3. The highest BCUT2D eigenvalue weighted by Crippen LogP contribution is 2.14. The predicted molar refractivity (Wildman–Crippen MR) is 75.3 cm³/mol. The minimum absolute atomic E-state index is 0.465. The van der Waals surface area contributed by atoms with E-state index in [0.717, 1.165) is 12.8 Å². The van der Waals surface area contributed by atoms with E-state index in [1.807, 2.05) is 18.2 Å². The summed E-state index contributed by atoms with van der Waals surface area (Å²) in [6.45, 7) is 7.62. The van der Waals surface area contributed by atoms with Gasteiger partial charge in [0.05, 0.1) is 13.2 Å². The average molecular weight is 248 g/mol. The standard InChI is InChI=1S/C16H24O2/c1-4-14(3)16(5-2)13-18-17-12-11-15-9-7-6-8-10-15/h4,6-10,16H,5,11-13H2,1-3H3/b14-4-. The molecule has 0 heterocycles. The highest BCUT2D eigenvalue weighted by Gasteiger charge is 2.08. The van der Waals surface area contributed by atoms with Gasteiger partial charge in [0.25, 0.3) is 0 Å². The second-order valence-corrected chi connectivity index (χ2v) is 4.48. The molecule has 100 valence electrons. The van der Waals surface area contributed by atoms with Crippen LogP contribution in [-0.2, 0) is 16.2 Å². The van der Waals surface area contributed by atoms with Crippen molar-refractivity contribution in [3.8, 4) is 0 Å². The van der Waals surface area contributed by atoms with Crippen LogP contribution in [0, 0.1) is 5.92 Å². The van der Waals surface area contributed by atoms with Crippen LogP contribution >= 0.6 is 0 Å². The van der Waals surface area contributed by atoms with Crippen molar-refractivity contribution in [2.45, 2.75) is 33.6 Å². The molecule has 0 aliphatic rings. The topological polar surface area (TPSA) is 18.5 Å². The van der Waals surface area contributed by atoms with E-state index in [2.05, 4.69) is 39.0 Å². The Labute approximate surface area is 111 Å². The van der Waals surface area contributed by atoms with E-state index in [1.165, 1.54) is 11.1 Å². The molecule has 0 aliphatic heterocycles. The Balaban J connectivity index is 2.15. The van der Waals surface area contributed by atoms with Gasteiger partial charge in [0, 0.05) is 5.92 Å². The molecule has 1 aromatic rings. The summed E-state index contributed by atoms with van der Waals surface area (Å²) >= 11 is 0. The smallest absolute Gasteiger partial charge is 0.0887 e. The number of rotatable bonds is 8. The zero-order valence-electron chi connectivity index (χ0n) is 11.7. The molecule has 0 N–H and O–H groups in total. The minimum Gasteiger partial charge on any atom is -0.236 e. The van der Waals surface area contributed by atoms with Crippen molar-refractivity contribution in [1.29, 1.82) is 0 Å². The van der Waals surface area contributed by atoms with Gasteiger partial charge < -0.3 is 0 Å². The summed E-state index contributed by atoms with van der Waals surface area (Å²) in [4.78, 5) is 10.5. The van der Waals surface area contributed by atoms with Gasteiger partial charge in [-0.2, -0.15) is 0 Å². The van der Waals surface area contributed by atoms with Crippen molar-refractivity contribution >= 4 is 0 Å². The first-order valence-corrected chi connectivity index (χ1v) is 6.69. The monoisotopic (exact) mass is 248 g/mol. The molecule has 0 radical (unpaired) electrons. The van der Waals surface area contributed by atoms with Gasteiger partial charge in [-0.1, -0.05) is 48.9 Å². The molecule has 2 heteroatoms. The normalized spacial score (nSPS) is 13.6. The maximum atomic E-state index is 5.29. The van der Waals surface area contributed by atoms with Crippen LogP contribution in [0.5, 0.6) is 0 Å². The number of hydrogen-bond acceptors (Lipinski definition) is 2. The quantitative estimate of drug-likeness (QED) is 0.297. The van der Waals surface area contributed by atoms with Gasteiger partial charge in [0.15, 0.2) is 0 Å². The Morgan fingerprint density at radius 3 is 2.56 bits per heavy atom. The molecule has 0 amide bonds. The first kappa shape index (κ1) is 14.9. The molecule has 0 saturated heterocycles. The highest BCUT2D eigenvalue weighted by atomic mass is 17.2. The van der Waals surface area contributed by atoms with Gasteiger partial charge in [-0.25, -0.2) is 9.78 Å². The van der Waals surface area contributed by atoms with Gasteiger partial charge in [0.2, 0.25) is 0 Å². The lowest BCUT2D eigenvalue weighted by atomic mass is 9.99. The number of benzene rings is 1. The SMILES string of the molecule is C/C=C(/C)C(CC)COOCCc1ccccc1. The minimum atomic E-state index is 0.465. The summed E-state index contributed by atoms with van der Waals surface area (Å²) < 4.78 is 0. The maximum Gasteiger partial charge on any atom is 0.0887 e. The molecule has 1 rings (SSSR count). The molecular formula is C16H24O2. The lowest BCUT2D eigenvalue weighted by molar-refractivity contribution is -0.298. The molecule has 2 nitrogen and oxygen atoms in total. The second kappa shape index (κ2) is 8.90. The van der Waals surface area contributed by atoms with Crippen LogP contribution in [0.25, 0.3) is 0 Å². The molecule has 0 bridgehead atoms. The first-order valence-electron chi connectivity index (χ1n) is 6.69. The zero-order valence-corrected chi connectivity index (χ0v) is 11.7. The molecule has 0 aliphatic carbocycles. The third-order valence-electron chi connectivity index (χ3n) is 3.26. The number of hydrogen-bond donors (Lipinski definition) is 0. The van der Waals surface area contributed by atoms with Crippen molar-refractivity contribution in [2.24, 2.45) is 5.92 Å². The lowest BCUT2D eigenvalue weighted by Crippen LogP contribution is -2.11. The fraction of sp³-hybridized carbons (Fsp3) is 0.500. The zero-order chi connectivity index (χ0) is 13.2. The van der Waals surface area contributed by atoms with Gasteiger partial charge in [-0.15, -0.1) is 0 Å². The van der Waals surface area contributed by atoms with Crippen LogP contribution in [0.2, 0.25) is 0 Å². The third-order valence-corrected chi connectivity index (χ3v) is 3.26. The molecule has 18 heavy (non-hydrogen) atoms. The van der Waals surface area contributed by atoms with Crippen molar-refractivity contribution in [2.75, 3.05) is 13.2 Å². The summed E-state index contributed by atoms with van der Waals surface area (Å²) in [5, 5.41) is 0. The summed E-state index contributed by atoms with van der Waals surface area (Å²) in [5.74, 6) is 0.465. The second-order valence-electron chi connectivity index (χ2n) is 4.48. The lowest BCUT2D eigenvalue weighted by Gasteiger charge is -2.14. The summed E-state index contributed by atoms with van der Waals surface area (Å²) in [7, 11) is 0. The molecule has 0 spiro atoms. The van der Waals surface area contributed by atoms with E-state index in [-0.39, 0.29) is 0 Å². The van der Waals surface area contributed by atoms with Gasteiger partial charge >= 0.3 is 0 Å². The average Bonchev–Trinajstić information content (AvgIpc) is 2.43. The largest absolute Gasteiger partial charge is 0.236 e. The third kappa shape index (κ3) is 5.48. The molecule has 0 aromatic heterocycles. The van der Waals surface area contributed by atoms with Crippen molar-refractivity contribution < 1.29 is 9.78 Å². The van der Waals surface area contributed by atoms with Crippen molar-refractivity contribution in [1.82, 2.24) is 0 Å². The Hall–Kier alpha value is -1.12. The van der Waals surface area contributed by atoms with E-state index in [9.17, 15) is 0 Å². The van der Waals surface area contributed by atoms with Crippen LogP contribution in [0.1, 0.15) is 32.8 Å². The Morgan fingerprint density at radius 2 is 1.94 bits per heavy atom. The fourth-order valence-corrected chi connectivity index (χ4v) is 1.80. The molecule has 0 fully saturated rings. The Morgan fingerprint density at radius 1 is 1.22 bits per heavy atom. The Bertz CT molecular complexity index is 343. The summed E-state index contributed by atoms with van der Waals surface area (Å²) in [5.41, 5.74) is 2.64. The highest BCUT2D eigenvalue weighted by molar-refractivity contribution is 5.14. The van der Waals surface area contributed by atoms with E-state index < -0.39 is 0 Å². The van der Waals surface area contributed by atoms with Gasteiger partial charge in [-0.05, 0) is 32.3 Å². The van der Waals surface area contributed by atoms with Crippen LogP contribution in [0.4, 0.5) is 0 Å². The molecule has 1 aromatic carbocycles. The van der Waals surface area contributed by atoms with Crippen molar-refractivity contribution in [3.63, 3.8) is 0 Å². The molecule has 1 unspecified atom stereocenters. The van der Waals surface area contributed by atoms with Crippen LogP contribution in [-0.4, -0.2) is 13.2 Å². The maximum absolute atomic E-state index is 5.29. The van der Waals surface area contributed by atoms with Crippen LogP contribution < -0.4 is 0 Å². The molecule has 1 atom stereocenters. The number of allylic oxidation sites excluding steroid dienone is 1. The predicted octanol–water partition coefficient (Wildman–Crippen LogP) is 4.17. The van der Waals surface area contributed by atoms with Gasteiger partial charge in [0.1, 0.15) is 0 Å².